The second-order valence-electron chi connectivity index (χ2n) is 7.91. The van der Waals surface area contributed by atoms with E-state index in [-0.39, 0.29) is 10.8 Å². The molecule has 0 radical (unpaired) electrons. The zero-order chi connectivity index (χ0) is 23.1. The van der Waals surface area contributed by atoms with Gasteiger partial charge >= 0.3 is 0 Å². The molecule has 0 bridgehead atoms. The third-order valence-electron chi connectivity index (χ3n) is 5.47. The lowest BCUT2D eigenvalue weighted by atomic mass is 10.2. The van der Waals surface area contributed by atoms with Crippen LogP contribution in [0.25, 0.3) is 0 Å². The highest BCUT2D eigenvalue weighted by atomic mass is 32.2. The number of ether oxygens (including phenoxy) is 3. The van der Waals surface area contributed by atoms with Crippen molar-refractivity contribution in [1.29, 1.82) is 0 Å². The van der Waals surface area contributed by atoms with E-state index in [4.69, 9.17) is 14.2 Å². The van der Waals surface area contributed by atoms with Gasteiger partial charge in [-0.3, -0.25) is 14.4 Å². The number of fused-ring (bicyclic) bond motifs is 1. The Morgan fingerprint density at radius 3 is 2.42 bits per heavy atom. The summed E-state index contributed by atoms with van der Waals surface area (Å²) in [6.07, 6.45) is 1.60. The number of nitrogens with zero attached hydrogens (tertiary/aromatic N) is 1. The monoisotopic (exact) mass is 475 g/mol. The van der Waals surface area contributed by atoms with Crippen LogP contribution in [0, 0.1) is 0 Å². The third-order valence-corrected chi connectivity index (χ3v) is 6.85. The van der Waals surface area contributed by atoms with Gasteiger partial charge in [0.25, 0.3) is 15.9 Å². The molecule has 178 valence electrons. The van der Waals surface area contributed by atoms with Crippen molar-refractivity contribution in [1.82, 2.24) is 10.2 Å². The van der Waals surface area contributed by atoms with Crippen LogP contribution in [-0.4, -0.2) is 71.8 Å². The minimum absolute atomic E-state index is 0.0776. The molecule has 0 saturated carbocycles. The van der Waals surface area contributed by atoms with Crippen molar-refractivity contribution in [2.45, 2.75) is 17.7 Å². The largest absolute Gasteiger partial charge is 0.490 e. The first-order chi connectivity index (χ1) is 16.0. The number of amides is 1. The molecule has 33 heavy (non-hydrogen) atoms. The Balaban J connectivity index is 1.30. The number of sulfonamides is 1. The predicted octanol–water partition coefficient (Wildman–Crippen LogP) is 2.10. The molecule has 2 aliphatic rings. The molecule has 0 aromatic heterocycles. The summed E-state index contributed by atoms with van der Waals surface area (Å²) in [5.74, 6) is 0.761. The van der Waals surface area contributed by atoms with Crippen LogP contribution in [0.2, 0.25) is 0 Å². The number of hydrogen-bond donors (Lipinski definition) is 2. The molecular formula is C23H29N3O6S. The summed E-state index contributed by atoms with van der Waals surface area (Å²) in [4.78, 5) is 14.8. The van der Waals surface area contributed by atoms with E-state index in [0.717, 1.165) is 45.7 Å². The van der Waals surface area contributed by atoms with E-state index in [0.29, 0.717) is 42.5 Å². The van der Waals surface area contributed by atoms with Gasteiger partial charge in [0.05, 0.1) is 31.3 Å². The van der Waals surface area contributed by atoms with Gasteiger partial charge in [-0.1, -0.05) is 0 Å². The SMILES string of the molecule is O=C(NCCCN1CCOCC1)c1ccc(NS(=O)(=O)c2ccc3c(c2)OCCCO3)cc1. The number of nitrogens with one attached hydrogen (secondary N) is 2. The topological polar surface area (TPSA) is 106 Å². The Morgan fingerprint density at radius 2 is 1.67 bits per heavy atom. The fraction of sp³-hybridized carbons (Fsp3) is 0.435. The van der Waals surface area contributed by atoms with Crippen LogP contribution in [0.1, 0.15) is 23.2 Å². The summed E-state index contributed by atoms with van der Waals surface area (Å²) in [6.45, 7) is 5.88. The molecule has 2 heterocycles. The summed E-state index contributed by atoms with van der Waals surface area (Å²) >= 11 is 0. The Morgan fingerprint density at radius 1 is 0.939 bits per heavy atom. The molecule has 2 N–H and O–H groups in total. The van der Waals surface area contributed by atoms with E-state index >= 15 is 0 Å². The van der Waals surface area contributed by atoms with Crippen molar-refractivity contribution in [3.8, 4) is 11.5 Å². The van der Waals surface area contributed by atoms with Gasteiger partial charge in [-0.25, -0.2) is 8.42 Å². The van der Waals surface area contributed by atoms with Gasteiger partial charge in [-0.2, -0.15) is 0 Å². The van der Waals surface area contributed by atoms with E-state index < -0.39 is 10.0 Å². The van der Waals surface area contributed by atoms with Crippen LogP contribution >= 0.6 is 0 Å². The molecule has 1 saturated heterocycles. The molecule has 2 aromatic rings. The van der Waals surface area contributed by atoms with Crippen LogP contribution in [0.5, 0.6) is 11.5 Å². The standard InChI is InChI=1S/C23H29N3O6S/c27-23(24-9-1-10-26-11-15-30-16-12-26)18-3-5-19(6-4-18)25-33(28,29)20-7-8-21-22(17-20)32-14-2-13-31-21/h3-8,17,25H,1-2,9-16H2,(H,24,27). The van der Waals surface area contributed by atoms with Crippen molar-refractivity contribution < 1.29 is 27.4 Å². The highest BCUT2D eigenvalue weighted by molar-refractivity contribution is 7.92. The van der Waals surface area contributed by atoms with E-state index in [1.54, 1.807) is 30.3 Å². The maximum atomic E-state index is 12.8. The maximum Gasteiger partial charge on any atom is 0.262 e. The number of benzene rings is 2. The number of anilines is 1. The molecule has 10 heteroatoms. The van der Waals surface area contributed by atoms with Gasteiger partial charge in [-0.05, 0) is 49.4 Å². The molecule has 2 aromatic carbocycles. The molecule has 0 atom stereocenters. The van der Waals surface area contributed by atoms with Crippen molar-refractivity contribution in [2.24, 2.45) is 0 Å². The molecule has 1 amide bonds. The minimum atomic E-state index is -3.82. The first-order valence-corrected chi connectivity index (χ1v) is 12.6. The highest BCUT2D eigenvalue weighted by Gasteiger charge is 2.19. The van der Waals surface area contributed by atoms with Gasteiger partial charge in [0.1, 0.15) is 0 Å². The zero-order valence-electron chi connectivity index (χ0n) is 18.4. The Kier molecular flexibility index (Phi) is 7.69. The first-order valence-electron chi connectivity index (χ1n) is 11.1. The summed E-state index contributed by atoms with van der Waals surface area (Å²) in [5, 5.41) is 2.90. The summed E-state index contributed by atoms with van der Waals surface area (Å²) in [7, 11) is -3.82. The zero-order valence-corrected chi connectivity index (χ0v) is 19.2. The van der Waals surface area contributed by atoms with Gasteiger partial charge in [-0.15, -0.1) is 0 Å². The van der Waals surface area contributed by atoms with Crippen LogP contribution in [0.15, 0.2) is 47.4 Å². The summed E-state index contributed by atoms with van der Waals surface area (Å²) in [6, 6.07) is 10.9. The van der Waals surface area contributed by atoms with Gasteiger partial charge in [0.2, 0.25) is 0 Å². The number of carbonyl (C=O) groups excluding carboxylic acids is 1. The predicted molar refractivity (Wildman–Crippen MR) is 124 cm³/mol. The fourth-order valence-electron chi connectivity index (χ4n) is 3.65. The number of morpholine rings is 1. The number of rotatable bonds is 8. The normalized spacial score (nSPS) is 16.6. The molecular weight excluding hydrogens is 446 g/mol. The van der Waals surface area contributed by atoms with Crippen LogP contribution < -0.4 is 19.5 Å². The van der Waals surface area contributed by atoms with E-state index in [9.17, 15) is 13.2 Å². The lowest BCUT2D eigenvalue weighted by Crippen LogP contribution is -2.38. The Hall–Kier alpha value is -2.82. The molecule has 9 nitrogen and oxygen atoms in total. The van der Waals surface area contributed by atoms with E-state index in [1.165, 1.54) is 12.1 Å². The summed E-state index contributed by atoms with van der Waals surface area (Å²) < 4.78 is 44.6. The van der Waals surface area contributed by atoms with Crippen molar-refractivity contribution in [2.75, 3.05) is 57.3 Å². The molecule has 0 spiro atoms. The second kappa shape index (κ2) is 10.9. The Bertz CT molecular complexity index is 1050. The summed E-state index contributed by atoms with van der Waals surface area (Å²) in [5.41, 5.74) is 0.839. The molecule has 1 fully saturated rings. The fourth-order valence-corrected chi connectivity index (χ4v) is 4.72. The quantitative estimate of drug-likeness (QED) is 0.563. The average molecular weight is 476 g/mol. The van der Waals surface area contributed by atoms with Gasteiger partial charge < -0.3 is 19.5 Å². The Labute approximate surface area is 194 Å². The molecule has 0 unspecified atom stereocenters. The lowest BCUT2D eigenvalue weighted by Gasteiger charge is -2.26. The van der Waals surface area contributed by atoms with Crippen molar-refractivity contribution in [3.05, 3.63) is 48.0 Å². The molecule has 2 aliphatic heterocycles. The van der Waals surface area contributed by atoms with Crippen LogP contribution in [0.4, 0.5) is 5.69 Å². The van der Waals surface area contributed by atoms with Gasteiger partial charge in [0, 0.05) is 43.4 Å². The van der Waals surface area contributed by atoms with Crippen molar-refractivity contribution in [3.63, 3.8) is 0 Å². The van der Waals surface area contributed by atoms with Crippen molar-refractivity contribution >= 4 is 21.6 Å². The lowest BCUT2D eigenvalue weighted by molar-refractivity contribution is 0.0374. The highest BCUT2D eigenvalue weighted by Crippen LogP contribution is 2.32. The van der Waals surface area contributed by atoms with Gasteiger partial charge in [0.15, 0.2) is 11.5 Å². The first kappa shape index (κ1) is 23.3. The van der Waals surface area contributed by atoms with Crippen LogP contribution in [-0.2, 0) is 14.8 Å². The van der Waals surface area contributed by atoms with E-state index in [2.05, 4.69) is 14.9 Å². The average Bonchev–Trinajstić information content (AvgIpc) is 3.07. The smallest absolute Gasteiger partial charge is 0.262 e. The second-order valence-corrected chi connectivity index (χ2v) is 9.59. The number of carbonyl (C=O) groups is 1. The molecule has 4 rings (SSSR count). The maximum absolute atomic E-state index is 12.8. The molecule has 0 aliphatic carbocycles. The third kappa shape index (κ3) is 6.37. The minimum Gasteiger partial charge on any atom is -0.490 e. The number of hydrogen-bond acceptors (Lipinski definition) is 7. The van der Waals surface area contributed by atoms with Crippen LogP contribution in [0.3, 0.4) is 0 Å². The van der Waals surface area contributed by atoms with E-state index in [1.807, 2.05) is 0 Å².